The summed E-state index contributed by atoms with van der Waals surface area (Å²) in [5, 5.41) is 0. The third kappa shape index (κ3) is 8.69. The van der Waals surface area contributed by atoms with Gasteiger partial charge in [-0.05, 0) is 6.42 Å². The van der Waals surface area contributed by atoms with E-state index < -0.39 is 23.9 Å². The second-order valence-electron chi connectivity index (χ2n) is 4.23. The molecule has 1 amide bonds. The second kappa shape index (κ2) is 9.58. The first kappa shape index (κ1) is 16.6. The van der Waals surface area contributed by atoms with E-state index in [1.54, 1.807) is 0 Å². The molecule has 0 heterocycles. The Morgan fingerprint density at radius 3 is 2.28 bits per heavy atom. The van der Waals surface area contributed by atoms with Gasteiger partial charge in [-0.3, -0.25) is 9.59 Å². The molecular formula is C12H22N2O4. The predicted octanol–water partition coefficient (Wildman–Crippen LogP) is 0.619. The molecule has 0 aliphatic carbocycles. The number of esters is 2. The Morgan fingerprint density at radius 1 is 1.11 bits per heavy atom. The number of hydrogen-bond donors (Lipinski definition) is 2. The lowest BCUT2D eigenvalue weighted by atomic mass is 10.1. The summed E-state index contributed by atoms with van der Waals surface area (Å²) in [7, 11) is 0. The van der Waals surface area contributed by atoms with E-state index in [-0.39, 0.29) is 12.8 Å². The molecule has 0 saturated carbocycles. The highest BCUT2D eigenvalue weighted by molar-refractivity contribution is 5.91. The van der Waals surface area contributed by atoms with Crippen molar-refractivity contribution < 1.29 is 19.1 Å². The fourth-order valence-corrected chi connectivity index (χ4v) is 1.41. The number of carbonyl (C=O) groups excluding carboxylic acids is 3. The van der Waals surface area contributed by atoms with Crippen LogP contribution in [0, 0.1) is 0 Å². The highest BCUT2D eigenvalue weighted by Crippen LogP contribution is 2.06. The largest absolute Gasteiger partial charge is 0.392 e. The molecule has 0 aromatic carbocycles. The highest BCUT2D eigenvalue weighted by Gasteiger charge is 2.20. The van der Waals surface area contributed by atoms with E-state index >= 15 is 0 Å². The van der Waals surface area contributed by atoms with Gasteiger partial charge in [-0.1, -0.05) is 32.6 Å². The van der Waals surface area contributed by atoms with E-state index in [0.29, 0.717) is 6.42 Å². The predicted molar refractivity (Wildman–Crippen MR) is 66.3 cm³/mol. The quantitative estimate of drug-likeness (QED) is 0.357. The van der Waals surface area contributed by atoms with Gasteiger partial charge in [0.25, 0.3) is 0 Å². The number of unbranched alkanes of at least 4 members (excludes halogenated alkanes) is 4. The van der Waals surface area contributed by atoms with Gasteiger partial charge in [-0.2, -0.15) is 0 Å². The van der Waals surface area contributed by atoms with Gasteiger partial charge in [-0.25, -0.2) is 4.79 Å². The van der Waals surface area contributed by atoms with Gasteiger partial charge in [0.05, 0.1) is 6.42 Å². The van der Waals surface area contributed by atoms with Crippen LogP contribution in [0.15, 0.2) is 0 Å². The van der Waals surface area contributed by atoms with Crippen molar-refractivity contribution >= 4 is 17.8 Å². The SMILES string of the molecule is CCCCCCCC(=O)OC(=O)[C@@H](N)CC(N)=O. The van der Waals surface area contributed by atoms with Crippen LogP contribution in [0.2, 0.25) is 0 Å². The molecule has 0 aromatic rings. The van der Waals surface area contributed by atoms with Gasteiger partial charge in [0.15, 0.2) is 0 Å². The van der Waals surface area contributed by atoms with Crippen molar-refractivity contribution in [1.29, 1.82) is 0 Å². The minimum atomic E-state index is -1.16. The Bertz CT molecular complexity index is 292. The molecule has 6 nitrogen and oxygen atoms in total. The standard InChI is InChI=1S/C12H22N2O4/c1-2-3-4-5-6-7-11(16)18-12(17)9(13)8-10(14)15/h9H,2-8,13H2,1H3,(H2,14,15)/t9-/m0/s1. The Labute approximate surface area is 107 Å². The van der Waals surface area contributed by atoms with Crippen molar-refractivity contribution in [3.63, 3.8) is 0 Å². The zero-order chi connectivity index (χ0) is 14.0. The van der Waals surface area contributed by atoms with Crippen molar-refractivity contribution in [1.82, 2.24) is 0 Å². The molecule has 0 fully saturated rings. The monoisotopic (exact) mass is 258 g/mol. The van der Waals surface area contributed by atoms with E-state index in [2.05, 4.69) is 11.7 Å². The first-order valence-corrected chi connectivity index (χ1v) is 6.25. The van der Waals surface area contributed by atoms with Crippen LogP contribution in [0.4, 0.5) is 0 Å². The highest BCUT2D eigenvalue weighted by atomic mass is 16.6. The van der Waals surface area contributed by atoms with Crippen LogP contribution in [0.3, 0.4) is 0 Å². The number of hydrogen-bond acceptors (Lipinski definition) is 5. The van der Waals surface area contributed by atoms with Gasteiger partial charge >= 0.3 is 11.9 Å². The Kier molecular flexibility index (Phi) is 8.82. The Morgan fingerprint density at radius 2 is 1.72 bits per heavy atom. The number of primary amides is 1. The fourth-order valence-electron chi connectivity index (χ4n) is 1.41. The third-order valence-electron chi connectivity index (χ3n) is 2.42. The van der Waals surface area contributed by atoms with Crippen molar-refractivity contribution in [3.05, 3.63) is 0 Å². The van der Waals surface area contributed by atoms with Crippen molar-refractivity contribution in [2.45, 2.75) is 57.9 Å². The first-order valence-electron chi connectivity index (χ1n) is 6.25. The topological polar surface area (TPSA) is 112 Å². The summed E-state index contributed by atoms with van der Waals surface area (Å²) in [4.78, 5) is 33.0. The van der Waals surface area contributed by atoms with E-state index in [1.165, 1.54) is 0 Å². The second-order valence-corrected chi connectivity index (χ2v) is 4.23. The summed E-state index contributed by atoms with van der Waals surface area (Å²) < 4.78 is 4.51. The lowest BCUT2D eigenvalue weighted by Gasteiger charge is -2.08. The first-order chi connectivity index (χ1) is 8.47. The van der Waals surface area contributed by atoms with Crippen molar-refractivity contribution in [2.75, 3.05) is 0 Å². The average molecular weight is 258 g/mol. The summed E-state index contributed by atoms with van der Waals surface area (Å²) in [6.07, 6.45) is 4.84. The van der Waals surface area contributed by atoms with Gasteiger partial charge in [0, 0.05) is 6.42 Å². The van der Waals surface area contributed by atoms with E-state index in [0.717, 1.165) is 25.7 Å². The lowest BCUT2D eigenvalue weighted by Crippen LogP contribution is -2.37. The van der Waals surface area contributed by atoms with Crippen LogP contribution < -0.4 is 11.5 Å². The molecule has 0 saturated heterocycles. The lowest BCUT2D eigenvalue weighted by molar-refractivity contribution is -0.161. The molecule has 0 aromatic heterocycles. The third-order valence-corrected chi connectivity index (χ3v) is 2.42. The molecule has 18 heavy (non-hydrogen) atoms. The molecule has 0 aliphatic rings. The normalized spacial score (nSPS) is 11.9. The molecule has 4 N–H and O–H groups in total. The number of nitrogens with two attached hydrogens (primary N) is 2. The van der Waals surface area contributed by atoms with E-state index in [4.69, 9.17) is 11.5 Å². The van der Waals surface area contributed by atoms with Crippen LogP contribution in [-0.4, -0.2) is 23.9 Å². The van der Waals surface area contributed by atoms with Gasteiger partial charge < -0.3 is 16.2 Å². The van der Waals surface area contributed by atoms with Crippen molar-refractivity contribution in [2.24, 2.45) is 11.5 Å². The molecule has 0 rings (SSSR count). The Hall–Kier alpha value is -1.43. The van der Waals surface area contributed by atoms with Gasteiger partial charge in [-0.15, -0.1) is 0 Å². The number of amides is 1. The molecule has 0 aliphatic heterocycles. The summed E-state index contributed by atoms with van der Waals surface area (Å²) in [5.41, 5.74) is 10.2. The summed E-state index contributed by atoms with van der Waals surface area (Å²) in [5.74, 6) is -2.20. The molecule has 104 valence electrons. The maximum atomic E-state index is 11.3. The number of ether oxygens (including phenoxy) is 1. The fraction of sp³-hybridized carbons (Fsp3) is 0.750. The summed E-state index contributed by atoms with van der Waals surface area (Å²) in [6, 6.07) is -1.16. The van der Waals surface area contributed by atoms with Crippen LogP contribution in [0.5, 0.6) is 0 Å². The molecular weight excluding hydrogens is 236 g/mol. The maximum Gasteiger partial charge on any atom is 0.331 e. The zero-order valence-electron chi connectivity index (χ0n) is 10.8. The van der Waals surface area contributed by atoms with Crippen LogP contribution >= 0.6 is 0 Å². The minimum Gasteiger partial charge on any atom is -0.392 e. The molecule has 0 spiro atoms. The van der Waals surface area contributed by atoms with Crippen molar-refractivity contribution in [3.8, 4) is 0 Å². The molecule has 1 atom stereocenters. The molecule has 6 heteroatoms. The number of carbonyl (C=O) groups is 3. The van der Waals surface area contributed by atoms with Crippen LogP contribution in [-0.2, 0) is 19.1 Å². The molecule has 0 unspecified atom stereocenters. The van der Waals surface area contributed by atoms with E-state index in [9.17, 15) is 14.4 Å². The van der Waals surface area contributed by atoms with Crippen LogP contribution in [0.25, 0.3) is 0 Å². The minimum absolute atomic E-state index is 0.193. The number of rotatable bonds is 9. The summed E-state index contributed by atoms with van der Waals surface area (Å²) in [6.45, 7) is 2.10. The molecule has 0 radical (unpaired) electrons. The van der Waals surface area contributed by atoms with Gasteiger partial charge in [0.1, 0.15) is 6.04 Å². The Balaban J connectivity index is 3.73. The van der Waals surface area contributed by atoms with Gasteiger partial charge in [0.2, 0.25) is 5.91 Å². The average Bonchev–Trinajstić information content (AvgIpc) is 2.27. The zero-order valence-corrected chi connectivity index (χ0v) is 10.8. The smallest absolute Gasteiger partial charge is 0.331 e. The molecule has 0 bridgehead atoms. The maximum absolute atomic E-state index is 11.3. The van der Waals surface area contributed by atoms with E-state index in [1.807, 2.05) is 0 Å². The summed E-state index contributed by atoms with van der Waals surface area (Å²) >= 11 is 0. The van der Waals surface area contributed by atoms with Crippen LogP contribution in [0.1, 0.15) is 51.9 Å².